The molecule has 1 aromatic heterocycles. The molecule has 16 heavy (non-hydrogen) atoms. The van der Waals surface area contributed by atoms with Gasteiger partial charge in [-0.1, -0.05) is 13.8 Å². The van der Waals surface area contributed by atoms with Crippen LogP contribution in [0.15, 0.2) is 16.5 Å². The highest BCUT2D eigenvalue weighted by molar-refractivity contribution is 5.82. The summed E-state index contributed by atoms with van der Waals surface area (Å²) < 4.78 is 5.43. The van der Waals surface area contributed by atoms with Crippen LogP contribution in [0.3, 0.4) is 0 Å². The number of carbonyl (C=O) groups excluding carboxylic acids is 1. The van der Waals surface area contributed by atoms with Crippen LogP contribution in [-0.4, -0.2) is 11.9 Å². The van der Waals surface area contributed by atoms with E-state index in [1.165, 1.54) is 0 Å². The summed E-state index contributed by atoms with van der Waals surface area (Å²) in [7, 11) is 0. The summed E-state index contributed by atoms with van der Waals surface area (Å²) in [5.74, 6) is 1.58. The Morgan fingerprint density at radius 2 is 2.00 bits per heavy atom. The van der Waals surface area contributed by atoms with Gasteiger partial charge in [-0.05, 0) is 31.9 Å². The highest BCUT2D eigenvalue weighted by Gasteiger charge is 2.20. The SMILES string of the molecule is Cc1ccc(C(C)NC(=O)[C@H](N)C(C)C)o1. The number of furan rings is 1. The van der Waals surface area contributed by atoms with Gasteiger partial charge >= 0.3 is 0 Å². The minimum Gasteiger partial charge on any atom is -0.464 e. The first-order valence-corrected chi connectivity index (χ1v) is 5.54. The Balaban J connectivity index is 2.58. The summed E-state index contributed by atoms with van der Waals surface area (Å²) in [4.78, 5) is 11.7. The molecule has 0 aliphatic rings. The van der Waals surface area contributed by atoms with Crippen molar-refractivity contribution in [2.45, 2.75) is 39.8 Å². The minimum absolute atomic E-state index is 0.130. The van der Waals surface area contributed by atoms with Gasteiger partial charge in [-0.3, -0.25) is 4.79 Å². The zero-order valence-corrected chi connectivity index (χ0v) is 10.3. The Morgan fingerprint density at radius 3 is 2.44 bits per heavy atom. The third-order valence-electron chi connectivity index (χ3n) is 2.57. The molecule has 4 heteroatoms. The van der Waals surface area contributed by atoms with Crippen molar-refractivity contribution in [3.05, 3.63) is 23.7 Å². The first-order valence-electron chi connectivity index (χ1n) is 5.54. The molecule has 1 heterocycles. The predicted molar refractivity (Wildman–Crippen MR) is 62.8 cm³/mol. The zero-order chi connectivity index (χ0) is 12.3. The maximum absolute atomic E-state index is 11.7. The number of carbonyl (C=O) groups is 1. The Hall–Kier alpha value is -1.29. The van der Waals surface area contributed by atoms with Crippen LogP contribution in [0.5, 0.6) is 0 Å². The average molecular weight is 224 g/mol. The van der Waals surface area contributed by atoms with E-state index in [9.17, 15) is 4.79 Å². The molecule has 0 spiro atoms. The Labute approximate surface area is 96.2 Å². The van der Waals surface area contributed by atoms with E-state index >= 15 is 0 Å². The molecule has 0 aliphatic heterocycles. The van der Waals surface area contributed by atoms with Crippen LogP contribution in [0, 0.1) is 12.8 Å². The molecule has 2 atom stereocenters. The molecule has 0 saturated heterocycles. The third kappa shape index (κ3) is 3.10. The van der Waals surface area contributed by atoms with Crippen LogP contribution in [0.2, 0.25) is 0 Å². The van der Waals surface area contributed by atoms with Gasteiger partial charge in [0.25, 0.3) is 0 Å². The molecule has 4 nitrogen and oxygen atoms in total. The fraction of sp³-hybridized carbons (Fsp3) is 0.583. The van der Waals surface area contributed by atoms with Crippen LogP contribution in [0.25, 0.3) is 0 Å². The largest absolute Gasteiger partial charge is 0.464 e. The lowest BCUT2D eigenvalue weighted by Gasteiger charge is -2.18. The number of amides is 1. The Morgan fingerprint density at radius 1 is 1.38 bits per heavy atom. The molecule has 0 radical (unpaired) electrons. The van der Waals surface area contributed by atoms with Crippen molar-refractivity contribution in [2.24, 2.45) is 11.7 Å². The van der Waals surface area contributed by atoms with Gasteiger partial charge < -0.3 is 15.5 Å². The van der Waals surface area contributed by atoms with Crippen molar-refractivity contribution in [2.75, 3.05) is 0 Å². The first kappa shape index (κ1) is 12.8. The second-order valence-electron chi connectivity index (χ2n) is 4.45. The molecule has 1 aromatic rings. The van der Waals surface area contributed by atoms with Crippen molar-refractivity contribution in [3.8, 4) is 0 Å². The minimum atomic E-state index is -0.474. The van der Waals surface area contributed by atoms with Gasteiger partial charge in [0.15, 0.2) is 0 Å². The number of nitrogens with two attached hydrogens (primary N) is 1. The van der Waals surface area contributed by atoms with Crippen LogP contribution in [0.4, 0.5) is 0 Å². The highest BCUT2D eigenvalue weighted by Crippen LogP contribution is 2.15. The van der Waals surface area contributed by atoms with E-state index in [-0.39, 0.29) is 17.9 Å². The van der Waals surface area contributed by atoms with Crippen molar-refractivity contribution >= 4 is 5.91 Å². The van der Waals surface area contributed by atoms with Crippen molar-refractivity contribution in [1.29, 1.82) is 0 Å². The van der Waals surface area contributed by atoms with Gasteiger partial charge in [0.05, 0.1) is 12.1 Å². The van der Waals surface area contributed by atoms with Gasteiger partial charge in [0.1, 0.15) is 11.5 Å². The molecule has 1 rings (SSSR count). The van der Waals surface area contributed by atoms with Gasteiger partial charge in [0, 0.05) is 0 Å². The molecule has 1 amide bonds. The number of hydrogen-bond acceptors (Lipinski definition) is 3. The van der Waals surface area contributed by atoms with Gasteiger partial charge in [0.2, 0.25) is 5.91 Å². The molecule has 90 valence electrons. The number of hydrogen-bond donors (Lipinski definition) is 2. The van der Waals surface area contributed by atoms with Gasteiger partial charge in [-0.25, -0.2) is 0 Å². The van der Waals surface area contributed by atoms with Crippen LogP contribution >= 0.6 is 0 Å². The molecule has 0 aromatic carbocycles. The highest BCUT2D eigenvalue weighted by atomic mass is 16.3. The van der Waals surface area contributed by atoms with E-state index in [1.807, 2.05) is 39.8 Å². The van der Waals surface area contributed by atoms with Crippen LogP contribution in [-0.2, 0) is 4.79 Å². The molecule has 0 saturated carbocycles. The fourth-order valence-electron chi connectivity index (χ4n) is 1.37. The quantitative estimate of drug-likeness (QED) is 0.818. The lowest BCUT2D eigenvalue weighted by Crippen LogP contribution is -2.44. The Bertz CT molecular complexity index is 358. The second-order valence-corrected chi connectivity index (χ2v) is 4.45. The summed E-state index contributed by atoms with van der Waals surface area (Å²) in [6.07, 6.45) is 0. The number of aryl methyl sites for hydroxylation is 1. The van der Waals surface area contributed by atoms with Crippen molar-refractivity contribution in [3.63, 3.8) is 0 Å². The summed E-state index contributed by atoms with van der Waals surface area (Å²) >= 11 is 0. The smallest absolute Gasteiger partial charge is 0.237 e. The van der Waals surface area contributed by atoms with Crippen LogP contribution < -0.4 is 11.1 Å². The maximum Gasteiger partial charge on any atom is 0.237 e. The topological polar surface area (TPSA) is 68.3 Å². The molecule has 0 aliphatic carbocycles. The fourth-order valence-corrected chi connectivity index (χ4v) is 1.37. The second kappa shape index (κ2) is 5.16. The monoisotopic (exact) mass is 224 g/mol. The lowest BCUT2D eigenvalue weighted by molar-refractivity contribution is -0.124. The van der Waals surface area contributed by atoms with E-state index in [1.54, 1.807) is 0 Å². The Kier molecular flexibility index (Phi) is 4.12. The average Bonchev–Trinajstić information content (AvgIpc) is 2.63. The normalized spacial score (nSPS) is 14.9. The molecular formula is C12H20N2O2. The summed E-state index contributed by atoms with van der Waals surface area (Å²) in [6.45, 7) is 7.60. The third-order valence-corrected chi connectivity index (χ3v) is 2.57. The number of nitrogens with one attached hydrogen (secondary N) is 1. The molecule has 3 N–H and O–H groups in total. The van der Waals surface area contributed by atoms with Crippen LogP contribution in [0.1, 0.15) is 38.3 Å². The van der Waals surface area contributed by atoms with E-state index in [4.69, 9.17) is 10.2 Å². The molecule has 0 bridgehead atoms. The summed E-state index contributed by atoms with van der Waals surface area (Å²) in [5, 5.41) is 2.83. The predicted octanol–water partition coefficient (Wildman–Crippen LogP) is 1.75. The molecular weight excluding hydrogens is 204 g/mol. The first-order chi connectivity index (χ1) is 7.41. The van der Waals surface area contributed by atoms with Crippen molar-refractivity contribution < 1.29 is 9.21 Å². The van der Waals surface area contributed by atoms with E-state index in [0.717, 1.165) is 11.5 Å². The maximum atomic E-state index is 11.7. The van der Waals surface area contributed by atoms with E-state index in [2.05, 4.69) is 5.32 Å². The van der Waals surface area contributed by atoms with Crippen molar-refractivity contribution in [1.82, 2.24) is 5.32 Å². The zero-order valence-electron chi connectivity index (χ0n) is 10.3. The summed E-state index contributed by atoms with van der Waals surface area (Å²) in [6, 6.07) is 3.12. The molecule has 1 unspecified atom stereocenters. The van der Waals surface area contributed by atoms with Gasteiger partial charge in [-0.15, -0.1) is 0 Å². The standard InChI is InChI=1S/C12H20N2O2/c1-7(2)11(13)12(15)14-9(4)10-6-5-8(3)16-10/h5-7,9,11H,13H2,1-4H3,(H,14,15)/t9?,11-/m1/s1. The summed E-state index contributed by atoms with van der Waals surface area (Å²) in [5.41, 5.74) is 5.75. The van der Waals surface area contributed by atoms with Gasteiger partial charge in [-0.2, -0.15) is 0 Å². The lowest BCUT2D eigenvalue weighted by atomic mass is 10.0. The van der Waals surface area contributed by atoms with E-state index in [0.29, 0.717) is 0 Å². The van der Waals surface area contributed by atoms with E-state index < -0.39 is 6.04 Å². The molecule has 0 fully saturated rings. The number of rotatable bonds is 4.